The zero-order valence-electron chi connectivity index (χ0n) is 12.5. The highest BCUT2D eigenvalue weighted by Gasteiger charge is 2.22. The lowest BCUT2D eigenvalue weighted by molar-refractivity contribution is -0.118. The number of hydrogen-bond donors (Lipinski definition) is 2. The third kappa shape index (κ3) is 3.54. The molecule has 3 rings (SSSR count). The van der Waals surface area contributed by atoms with E-state index in [1.807, 2.05) is 24.3 Å². The largest absolute Gasteiger partial charge is 0.338 e. The van der Waals surface area contributed by atoms with Gasteiger partial charge in [-0.2, -0.15) is 0 Å². The Hall–Kier alpha value is -2.14. The average Bonchev–Trinajstić information content (AvgIpc) is 2.77. The first-order chi connectivity index (χ1) is 10.8. The van der Waals surface area contributed by atoms with Crippen molar-refractivity contribution in [2.75, 3.05) is 11.9 Å². The summed E-state index contributed by atoms with van der Waals surface area (Å²) in [6, 6.07) is -0.150. The molecular formula is C17H21N3O2. The maximum absolute atomic E-state index is 12.4. The summed E-state index contributed by atoms with van der Waals surface area (Å²) in [5, 5.41) is 10.0. The maximum Gasteiger partial charge on any atom is 0.243 e. The molecule has 1 atom stereocenters. The molecule has 1 aromatic heterocycles. The number of aromatic nitrogens is 1. The molecule has 22 heavy (non-hydrogen) atoms. The van der Waals surface area contributed by atoms with Gasteiger partial charge in [0.2, 0.25) is 11.8 Å². The molecule has 5 heteroatoms. The van der Waals surface area contributed by atoms with Crippen molar-refractivity contribution in [1.82, 2.24) is 10.5 Å². The minimum atomic E-state index is -0.150. The highest BCUT2D eigenvalue weighted by Crippen LogP contribution is 2.28. The van der Waals surface area contributed by atoms with Gasteiger partial charge in [-0.3, -0.25) is 10.1 Å². The Labute approximate surface area is 130 Å². The first-order valence-electron chi connectivity index (χ1n) is 7.86. The Morgan fingerprint density at radius 2 is 2.23 bits per heavy atom. The van der Waals surface area contributed by atoms with Crippen molar-refractivity contribution >= 4 is 17.4 Å². The predicted molar refractivity (Wildman–Crippen MR) is 86.3 cm³/mol. The Kier molecular flexibility index (Phi) is 4.85. The highest BCUT2D eigenvalue weighted by molar-refractivity contribution is 5.96. The topological polar surface area (TPSA) is 67.2 Å². The van der Waals surface area contributed by atoms with E-state index >= 15 is 0 Å². The molecular weight excluding hydrogens is 278 g/mol. The molecule has 1 fully saturated rings. The molecule has 1 aliphatic carbocycles. The van der Waals surface area contributed by atoms with Crippen molar-refractivity contribution in [2.24, 2.45) is 0 Å². The Morgan fingerprint density at radius 1 is 1.27 bits per heavy atom. The van der Waals surface area contributed by atoms with Crippen molar-refractivity contribution in [2.45, 2.75) is 38.1 Å². The van der Waals surface area contributed by atoms with E-state index in [0.29, 0.717) is 5.88 Å². The lowest BCUT2D eigenvalue weighted by Gasteiger charge is -2.14. The summed E-state index contributed by atoms with van der Waals surface area (Å²) in [6.07, 6.45) is 16.8. The second-order valence-electron chi connectivity index (χ2n) is 5.62. The van der Waals surface area contributed by atoms with Crippen LogP contribution in [0.2, 0.25) is 0 Å². The molecule has 1 unspecified atom stereocenters. The molecule has 0 spiro atoms. The number of rotatable bonds is 3. The second-order valence-corrected chi connectivity index (χ2v) is 5.62. The van der Waals surface area contributed by atoms with Gasteiger partial charge in [0.1, 0.15) is 0 Å². The number of carbonyl (C=O) groups excluding carboxylic acids is 1. The van der Waals surface area contributed by atoms with Crippen LogP contribution >= 0.6 is 0 Å². The van der Waals surface area contributed by atoms with Gasteiger partial charge < -0.3 is 9.84 Å². The number of hydrogen-bond acceptors (Lipinski definition) is 4. The fourth-order valence-electron chi connectivity index (χ4n) is 2.79. The van der Waals surface area contributed by atoms with E-state index in [9.17, 15) is 4.79 Å². The number of nitrogens with zero attached hydrogens (tertiary/aromatic N) is 1. The summed E-state index contributed by atoms with van der Waals surface area (Å²) in [5.41, 5.74) is 1.92. The van der Waals surface area contributed by atoms with Crippen LogP contribution in [0.3, 0.4) is 0 Å². The molecule has 2 heterocycles. The summed E-state index contributed by atoms with van der Waals surface area (Å²) in [5.74, 6) is 0.395. The molecule has 1 aromatic rings. The Bertz CT molecular complexity index is 605. The van der Waals surface area contributed by atoms with E-state index in [0.717, 1.165) is 43.4 Å². The van der Waals surface area contributed by atoms with E-state index in [2.05, 4.69) is 21.9 Å². The summed E-state index contributed by atoms with van der Waals surface area (Å²) in [4.78, 5) is 12.4. The number of amides is 1. The maximum atomic E-state index is 12.4. The lowest BCUT2D eigenvalue weighted by atomic mass is 10.1. The van der Waals surface area contributed by atoms with Crippen LogP contribution in [0.15, 0.2) is 41.1 Å². The Morgan fingerprint density at radius 3 is 3.18 bits per heavy atom. The number of carbonyl (C=O) groups is 1. The average molecular weight is 299 g/mol. The fourth-order valence-corrected chi connectivity index (χ4v) is 2.79. The molecule has 0 radical (unpaired) electrons. The van der Waals surface area contributed by atoms with Gasteiger partial charge in [-0.15, -0.1) is 0 Å². The quantitative estimate of drug-likeness (QED) is 0.900. The van der Waals surface area contributed by atoms with E-state index in [-0.39, 0.29) is 11.9 Å². The van der Waals surface area contributed by atoms with Gasteiger partial charge in [0, 0.05) is 0 Å². The van der Waals surface area contributed by atoms with Gasteiger partial charge >= 0.3 is 0 Å². The summed E-state index contributed by atoms with van der Waals surface area (Å²) in [6.45, 7) is 0.891. The SMILES string of the molecule is O=C(Nc1oncc1C1=CC=CC=CC1)C1CCCCCN1. The van der Waals surface area contributed by atoms with Gasteiger partial charge in [0.05, 0.1) is 17.8 Å². The van der Waals surface area contributed by atoms with E-state index in [4.69, 9.17) is 4.52 Å². The van der Waals surface area contributed by atoms with Crippen LogP contribution in [0.4, 0.5) is 5.88 Å². The third-order valence-corrected chi connectivity index (χ3v) is 4.02. The van der Waals surface area contributed by atoms with Crippen molar-refractivity contribution < 1.29 is 9.32 Å². The molecule has 116 valence electrons. The molecule has 1 aliphatic heterocycles. The summed E-state index contributed by atoms with van der Waals surface area (Å²) < 4.78 is 5.25. The van der Waals surface area contributed by atoms with Crippen LogP contribution in [0.25, 0.3) is 5.57 Å². The van der Waals surface area contributed by atoms with E-state index in [1.54, 1.807) is 6.20 Å². The minimum absolute atomic E-state index is 0.0415. The second kappa shape index (κ2) is 7.22. The van der Waals surface area contributed by atoms with Crippen LogP contribution < -0.4 is 10.6 Å². The monoisotopic (exact) mass is 299 g/mol. The van der Waals surface area contributed by atoms with Crippen molar-refractivity contribution in [1.29, 1.82) is 0 Å². The molecule has 1 saturated heterocycles. The van der Waals surface area contributed by atoms with E-state index < -0.39 is 0 Å². The minimum Gasteiger partial charge on any atom is -0.338 e. The third-order valence-electron chi connectivity index (χ3n) is 4.02. The van der Waals surface area contributed by atoms with Gasteiger partial charge in [-0.25, -0.2) is 0 Å². The first-order valence-corrected chi connectivity index (χ1v) is 7.86. The fraction of sp³-hybridized carbons (Fsp3) is 0.412. The highest BCUT2D eigenvalue weighted by atomic mass is 16.5. The normalized spacial score (nSPS) is 21.8. The van der Waals surface area contributed by atoms with Gasteiger partial charge in [0.15, 0.2) is 0 Å². The van der Waals surface area contributed by atoms with Crippen LogP contribution in [-0.2, 0) is 4.79 Å². The van der Waals surface area contributed by atoms with Gasteiger partial charge in [-0.05, 0) is 31.4 Å². The molecule has 2 aliphatic rings. The lowest BCUT2D eigenvalue weighted by Crippen LogP contribution is -2.39. The molecule has 5 nitrogen and oxygen atoms in total. The standard InChI is InChI=1S/C17H21N3O2/c21-16(15-10-6-3-7-11-18-15)20-17-14(12-19-22-17)13-8-4-1-2-5-9-13/h1-2,4-5,8,12,15,18H,3,6-7,9-11H2,(H,20,21). The van der Waals surface area contributed by atoms with Crippen molar-refractivity contribution in [3.63, 3.8) is 0 Å². The van der Waals surface area contributed by atoms with Crippen LogP contribution in [0.1, 0.15) is 37.7 Å². The number of anilines is 1. The number of allylic oxidation sites excluding steroid dienone is 6. The van der Waals surface area contributed by atoms with Crippen molar-refractivity contribution in [3.05, 3.63) is 42.1 Å². The van der Waals surface area contributed by atoms with Crippen molar-refractivity contribution in [3.8, 4) is 0 Å². The van der Waals surface area contributed by atoms with Crippen LogP contribution in [0, 0.1) is 0 Å². The van der Waals surface area contributed by atoms with Crippen LogP contribution in [0.5, 0.6) is 0 Å². The summed E-state index contributed by atoms with van der Waals surface area (Å²) in [7, 11) is 0. The smallest absolute Gasteiger partial charge is 0.243 e. The zero-order chi connectivity index (χ0) is 15.2. The number of nitrogens with one attached hydrogen (secondary N) is 2. The zero-order valence-corrected chi connectivity index (χ0v) is 12.5. The molecule has 2 N–H and O–H groups in total. The van der Waals surface area contributed by atoms with Crippen LogP contribution in [-0.4, -0.2) is 23.7 Å². The van der Waals surface area contributed by atoms with Gasteiger partial charge in [-0.1, -0.05) is 48.4 Å². The molecule has 0 aromatic carbocycles. The molecule has 0 bridgehead atoms. The summed E-state index contributed by atoms with van der Waals surface area (Å²) >= 11 is 0. The molecule has 0 saturated carbocycles. The first kappa shape index (κ1) is 14.8. The van der Waals surface area contributed by atoms with Gasteiger partial charge in [0.25, 0.3) is 0 Å². The Balaban J connectivity index is 1.72. The predicted octanol–water partition coefficient (Wildman–Crippen LogP) is 3.04. The van der Waals surface area contributed by atoms with E-state index in [1.165, 1.54) is 6.42 Å². The molecule has 1 amide bonds.